The van der Waals surface area contributed by atoms with E-state index in [0.29, 0.717) is 10.6 Å². The zero-order chi connectivity index (χ0) is 13.7. The van der Waals surface area contributed by atoms with Crippen LogP contribution in [0.2, 0.25) is 5.02 Å². The predicted octanol–water partition coefficient (Wildman–Crippen LogP) is 4.54. The van der Waals surface area contributed by atoms with Gasteiger partial charge in [0, 0.05) is 28.0 Å². The van der Waals surface area contributed by atoms with Gasteiger partial charge < -0.3 is 5.32 Å². The van der Waals surface area contributed by atoms with Crippen LogP contribution < -0.4 is 5.32 Å². The van der Waals surface area contributed by atoms with Gasteiger partial charge in [0.05, 0.1) is 0 Å². The summed E-state index contributed by atoms with van der Waals surface area (Å²) in [5.74, 6) is -0.0143. The number of anilines is 1. The van der Waals surface area contributed by atoms with Crippen molar-refractivity contribution >= 4 is 23.1 Å². The standard InChI is InChI=1S/C16H14ClNO/c1-12(18-15-9-7-14(17)8-10-15)11-16(19)13-5-3-2-4-6-13/h2-11,18H,1H3. The van der Waals surface area contributed by atoms with Crippen LogP contribution in [0.3, 0.4) is 0 Å². The third-order valence-corrected chi connectivity index (χ3v) is 2.84. The maximum atomic E-state index is 12.0. The Kier molecular flexibility index (Phi) is 4.37. The summed E-state index contributed by atoms with van der Waals surface area (Å²) in [7, 11) is 0. The number of halogens is 1. The summed E-state index contributed by atoms with van der Waals surface area (Å²) < 4.78 is 0. The quantitative estimate of drug-likeness (QED) is 0.653. The fourth-order valence-corrected chi connectivity index (χ4v) is 1.81. The van der Waals surface area contributed by atoms with Crippen LogP contribution in [0.4, 0.5) is 5.69 Å². The van der Waals surface area contributed by atoms with E-state index in [2.05, 4.69) is 5.32 Å². The highest BCUT2D eigenvalue weighted by molar-refractivity contribution is 6.30. The molecule has 0 bridgehead atoms. The van der Waals surface area contributed by atoms with Gasteiger partial charge in [0.1, 0.15) is 0 Å². The molecule has 0 atom stereocenters. The number of hydrogen-bond donors (Lipinski definition) is 1. The van der Waals surface area contributed by atoms with Crippen molar-refractivity contribution in [3.8, 4) is 0 Å². The first kappa shape index (κ1) is 13.4. The average Bonchev–Trinajstić information content (AvgIpc) is 2.42. The van der Waals surface area contributed by atoms with E-state index >= 15 is 0 Å². The van der Waals surface area contributed by atoms with Crippen LogP contribution in [-0.4, -0.2) is 5.78 Å². The predicted molar refractivity (Wildman–Crippen MR) is 79.6 cm³/mol. The zero-order valence-corrected chi connectivity index (χ0v) is 11.3. The number of allylic oxidation sites excluding steroid dienone is 2. The van der Waals surface area contributed by atoms with Gasteiger partial charge in [-0.15, -0.1) is 0 Å². The molecule has 0 saturated heterocycles. The number of carbonyl (C=O) groups is 1. The Bertz CT molecular complexity index is 588. The summed E-state index contributed by atoms with van der Waals surface area (Å²) in [4.78, 5) is 12.0. The summed E-state index contributed by atoms with van der Waals surface area (Å²) in [6.45, 7) is 1.86. The zero-order valence-electron chi connectivity index (χ0n) is 10.6. The molecule has 0 aliphatic rings. The summed E-state index contributed by atoms with van der Waals surface area (Å²) >= 11 is 5.82. The summed E-state index contributed by atoms with van der Waals surface area (Å²) in [5, 5.41) is 3.84. The van der Waals surface area contributed by atoms with Crippen LogP contribution in [0.25, 0.3) is 0 Å². The number of ketones is 1. The maximum absolute atomic E-state index is 12.0. The molecule has 0 heterocycles. The number of carbonyl (C=O) groups excluding carboxylic acids is 1. The second-order valence-electron chi connectivity index (χ2n) is 4.19. The van der Waals surface area contributed by atoms with E-state index in [1.165, 1.54) is 0 Å². The van der Waals surface area contributed by atoms with Crippen molar-refractivity contribution in [3.63, 3.8) is 0 Å². The lowest BCUT2D eigenvalue weighted by Gasteiger charge is -2.06. The lowest BCUT2D eigenvalue weighted by atomic mass is 10.1. The second-order valence-corrected chi connectivity index (χ2v) is 4.63. The minimum absolute atomic E-state index is 0.0143. The lowest BCUT2D eigenvalue weighted by Crippen LogP contribution is -2.01. The van der Waals surface area contributed by atoms with Gasteiger partial charge in [0.25, 0.3) is 0 Å². The molecule has 0 saturated carbocycles. The van der Waals surface area contributed by atoms with Crippen molar-refractivity contribution in [2.45, 2.75) is 6.92 Å². The highest BCUT2D eigenvalue weighted by Crippen LogP contribution is 2.15. The van der Waals surface area contributed by atoms with Crippen molar-refractivity contribution in [2.24, 2.45) is 0 Å². The largest absolute Gasteiger partial charge is 0.359 e. The van der Waals surface area contributed by atoms with Crippen molar-refractivity contribution in [1.82, 2.24) is 0 Å². The SMILES string of the molecule is CC(=CC(=O)c1ccccc1)Nc1ccc(Cl)cc1. The van der Waals surface area contributed by atoms with Gasteiger partial charge in [-0.1, -0.05) is 41.9 Å². The first-order chi connectivity index (χ1) is 9.15. The van der Waals surface area contributed by atoms with Crippen LogP contribution in [0.5, 0.6) is 0 Å². The van der Waals surface area contributed by atoms with E-state index in [1.54, 1.807) is 30.3 Å². The Labute approximate surface area is 117 Å². The number of hydrogen-bond acceptors (Lipinski definition) is 2. The van der Waals surface area contributed by atoms with Crippen LogP contribution in [0.15, 0.2) is 66.4 Å². The highest BCUT2D eigenvalue weighted by atomic mass is 35.5. The number of benzene rings is 2. The lowest BCUT2D eigenvalue weighted by molar-refractivity contribution is 0.104. The Morgan fingerprint density at radius 1 is 1.05 bits per heavy atom. The molecule has 2 rings (SSSR count). The number of nitrogens with one attached hydrogen (secondary N) is 1. The molecule has 0 unspecified atom stereocenters. The molecule has 3 heteroatoms. The van der Waals surface area contributed by atoms with Gasteiger partial charge >= 0.3 is 0 Å². The fourth-order valence-electron chi connectivity index (χ4n) is 1.68. The van der Waals surface area contributed by atoms with E-state index in [9.17, 15) is 4.79 Å². The molecule has 0 aliphatic heterocycles. The van der Waals surface area contributed by atoms with E-state index in [0.717, 1.165) is 11.4 Å². The molecule has 2 aromatic rings. The molecule has 0 spiro atoms. The van der Waals surface area contributed by atoms with Crippen molar-refractivity contribution in [2.75, 3.05) is 5.32 Å². The van der Waals surface area contributed by atoms with E-state index < -0.39 is 0 Å². The average molecular weight is 272 g/mol. The van der Waals surface area contributed by atoms with Gasteiger partial charge in [-0.3, -0.25) is 4.79 Å². The molecular formula is C16H14ClNO. The Morgan fingerprint density at radius 2 is 1.68 bits per heavy atom. The normalized spacial score (nSPS) is 11.2. The fraction of sp³-hybridized carbons (Fsp3) is 0.0625. The van der Waals surface area contributed by atoms with Gasteiger partial charge in [0.2, 0.25) is 0 Å². The van der Waals surface area contributed by atoms with Crippen LogP contribution in [-0.2, 0) is 0 Å². The van der Waals surface area contributed by atoms with E-state index in [4.69, 9.17) is 11.6 Å². The third kappa shape index (κ3) is 3.97. The molecule has 2 aromatic carbocycles. The molecule has 96 valence electrons. The van der Waals surface area contributed by atoms with Crippen molar-refractivity contribution in [1.29, 1.82) is 0 Å². The molecule has 0 aromatic heterocycles. The molecule has 0 fully saturated rings. The summed E-state index contributed by atoms with van der Waals surface area (Å²) in [5.41, 5.74) is 2.37. The first-order valence-electron chi connectivity index (χ1n) is 5.95. The number of rotatable bonds is 4. The van der Waals surface area contributed by atoms with Crippen LogP contribution in [0.1, 0.15) is 17.3 Å². The van der Waals surface area contributed by atoms with E-state index in [1.807, 2.05) is 37.3 Å². The monoisotopic (exact) mass is 271 g/mol. The Balaban J connectivity index is 2.07. The van der Waals surface area contributed by atoms with Crippen molar-refractivity contribution in [3.05, 3.63) is 77.0 Å². The minimum atomic E-state index is -0.0143. The second kappa shape index (κ2) is 6.21. The van der Waals surface area contributed by atoms with Gasteiger partial charge in [0.15, 0.2) is 5.78 Å². The Morgan fingerprint density at radius 3 is 2.32 bits per heavy atom. The molecule has 0 amide bonds. The smallest absolute Gasteiger partial charge is 0.187 e. The summed E-state index contributed by atoms with van der Waals surface area (Å²) in [6, 6.07) is 16.5. The molecule has 1 N–H and O–H groups in total. The van der Waals surface area contributed by atoms with Crippen LogP contribution >= 0.6 is 11.6 Å². The minimum Gasteiger partial charge on any atom is -0.359 e. The molecular weight excluding hydrogens is 258 g/mol. The molecule has 0 radical (unpaired) electrons. The van der Waals surface area contributed by atoms with E-state index in [-0.39, 0.29) is 5.78 Å². The van der Waals surface area contributed by atoms with Gasteiger partial charge in [-0.25, -0.2) is 0 Å². The third-order valence-electron chi connectivity index (χ3n) is 2.59. The Hall–Kier alpha value is -2.06. The summed E-state index contributed by atoms with van der Waals surface area (Å²) in [6.07, 6.45) is 1.59. The first-order valence-corrected chi connectivity index (χ1v) is 6.33. The molecule has 19 heavy (non-hydrogen) atoms. The highest BCUT2D eigenvalue weighted by Gasteiger charge is 2.02. The van der Waals surface area contributed by atoms with Crippen LogP contribution in [0, 0.1) is 0 Å². The molecule has 0 aliphatic carbocycles. The maximum Gasteiger partial charge on any atom is 0.187 e. The van der Waals surface area contributed by atoms with Crippen molar-refractivity contribution < 1.29 is 4.79 Å². The van der Waals surface area contributed by atoms with Gasteiger partial charge in [-0.2, -0.15) is 0 Å². The topological polar surface area (TPSA) is 29.1 Å². The van der Waals surface area contributed by atoms with Gasteiger partial charge in [-0.05, 0) is 31.2 Å². The molecule has 2 nitrogen and oxygen atoms in total.